The van der Waals surface area contributed by atoms with Crippen LogP contribution in [-0.2, 0) is 10.0 Å². The van der Waals surface area contributed by atoms with Gasteiger partial charge in [0.2, 0.25) is 0 Å². The Morgan fingerprint density at radius 3 is 2.21 bits per heavy atom. The predicted octanol–water partition coefficient (Wildman–Crippen LogP) is 5.19. The first-order chi connectivity index (χ1) is 13.3. The van der Waals surface area contributed by atoms with Crippen molar-refractivity contribution in [2.24, 2.45) is 0 Å². The summed E-state index contributed by atoms with van der Waals surface area (Å²) in [7, 11) is -4.01. The van der Waals surface area contributed by atoms with Gasteiger partial charge in [0, 0.05) is 10.6 Å². The SMILES string of the molecule is O=C(Nc1ccc(Cl)cc1Cl)c1ccc(S(=O)(=O)Nc2ccccc2F)cc1. The molecular formula is C19H13Cl2FN2O3S. The van der Waals surface area contributed by atoms with E-state index in [2.05, 4.69) is 10.0 Å². The lowest BCUT2D eigenvalue weighted by molar-refractivity contribution is 0.102. The maximum atomic E-state index is 13.7. The van der Waals surface area contributed by atoms with E-state index in [-0.39, 0.29) is 21.2 Å². The first-order valence-electron chi connectivity index (χ1n) is 7.90. The van der Waals surface area contributed by atoms with E-state index in [0.29, 0.717) is 10.7 Å². The number of hydrogen-bond acceptors (Lipinski definition) is 3. The van der Waals surface area contributed by atoms with Crippen LogP contribution in [0.25, 0.3) is 0 Å². The highest BCUT2D eigenvalue weighted by Gasteiger charge is 2.17. The summed E-state index contributed by atoms with van der Waals surface area (Å²) in [6.45, 7) is 0. The van der Waals surface area contributed by atoms with Crippen molar-refractivity contribution in [3.63, 3.8) is 0 Å². The zero-order valence-corrected chi connectivity index (χ0v) is 16.4. The summed E-state index contributed by atoms with van der Waals surface area (Å²) in [5.41, 5.74) is 0.423. The van der Waals surface area contributed by atoms with Gasteiger partial charge in [-0.2, -0.15) is 0 Å². The van der Waals surface area contributed by atoms with Gasteiger partial charge in [-0.3, -0.25) is 9.52 Å². The van der Waals surface area contributed by atoms with E-state index in [1.54, 1.807) is 12.1 Å². The van der Waals surface area contributed by atoms with Gasteiger partial charge in [-0.15, -0.1) is 0 Å². The van der Waals surface area contributed by atoms with Crippen LogP contribution in [-0.4, -0.2) is 14.3 Å². The summed E-state index contributed by atoms with van der Waals surface area (Å²) in [4.78, 5) is 12.2. The van der Waals surface area contributed by atoms with Gasteiger partial charge < -0.3 is 5.32 Å². The Hall–Kier alpha value is -2.61. The molecule has 0 bridgehead atoms. The van der Waals surface area contributed by atoms with Crippen molar-refractivity contribution in [3.8, 4) is 0 Å². The summed E-state index contributed by atoms with van der Waals surface area (Å²) >= 11 is 11.8. The van der Waals surface area contributed by atoms with E-state index in [9.17, 15) is 17.6 Å². The molecule has 144 valence electrons. The minimum absolute atomic E-state index is 0.114. The normalized spacial score (nSPS) is 11.1. The lowest BCUT2D eigenvalue weighted by atomic mass is 10.2. The van der Waals surface area contributed by atoms with Gasteiger partial charge >= 0.3 is 0 Å². The zero-order valence-electron chi connectivity index (χ0n) is 14.1. The Kier molecular flexibility index (Phi) is 5.88. The van der Waals surface area contributed by atoms with Crippen LogP contribution >= 0.6 is 23.2 Å². The van der Waals surface area contributed by atoms with E-state index >= 15 is 0 Å². The number of halogens is 3. The topological polar surface area (TPSA) is 75.3 Å². The maximum absolute atomic E-state index is 13.7. The number of carbonyl (C=O) groups is 1. The summed E-state index contributed by atoms with van der Waals surface area (Å²) in [6, 6.07) is 15.2. The molecule has 9 heteroatoms. The molecule has 0 aliphatic heterocycles. The van der Waals surface area contributed by atoms with Crippen LogP contribution in [0.15, 0.2) is 71.6 Å². The van der Waals surface area contributed by atoms with Crippen molar-refractivity contribution in [2.75, 3.05) is 10.0 Å². The van der Waals surface area contributed by atoms with E-state index in [1.165, 1.54) is 48.5 Å². The third kappa shape index (κ3) is 4.62. The molecule has 0 radical (unpaired) electrons. The molecule has 0 aliphatic carbocycles. The van der Waals surface area contributed by atoms with Crippen molar-refractivity contribution in [3.05, 3.63) is 88.2 Å². The number of para-hydroxylation sites is 1. The highest BCUT2D eigenvalue weighted by Crippen LogP contribution is 2.26. The number of carbonyl (C=O) groups excluding carboxylic acids is 1. The summed E-state index contributed by atoms with van der Waals surface area (Å²) in [5, 5.41) is 3.32. The molecule has 3 aromatic rings. The van der Waals surface area contributed by atoms with Gasteiger partial charge in [0.25, 0.3) is 15.9 Å². The predicted molar refractivity (Wildman–Crippen MR) is 108 cm³/mol. The maximum Gasteiger partial charge on any atom is 0.261 e. The molecule has 3 aromatic carbocycles. The quantitative estimate of drug-likeness (QED) is 0.575. The highest BCUT2D eigenvalue weighted by molar-refractivity contribution is 7.92. The minimum Gasteiger partial charge on any atom is -0.321 e. The minimum atomic E-state index is -4.01. The molecule has 0 spiro atoms. The van der Waals surface area contributed by atoms with E-state index in [4.69, 9.17) is 23.2 Å². The smallest absolute Gasteiger partial charge is 0.261 e. The Bertz CT molecular complexity index is 1140. The first kappa shape index (κ1) is 20.1. The molecule has 0 saturated heterocycles. The Morgan fingerprint density at radius 2 is 1.57 bits per heavy atom. The molecule has 0 fully saturated rings. The number of sulfonamides is 1. The third-order valence-corrected chi connectivity index (χ3v) is 5.65. The summed E-state index contributed by atoms with van der Waals surface area (Å²) < 4.78 is 40.6. The summed E-state index contributed by atoms with van der Waals surface area (Å²) in [6.07, 6.45) is 0. The van der Waals surface area contributed by atoms with Crippen LogP contribution in [0.5, 0.6) is 0 Å². The number of hydrogen-bond donors (Lipinski definition) is 2. The molecule has 3 rings (SSSR count). The van der Waals surface area contributed by atoms with Crippen molar-refractivity contribution >= 4 is 50.5 Å². The van der Waals surface area contributed by atoms with Crippen molar-refractivity contribution in [1.29, 1.82) is 0 Å². The molecule has 0 aliphatic rings. The zero-order chi connectivity index (χ0) is 20.3. The monoisotopic (exact) mass is 438 g/mol. The van der Waals surface area contributed by atoms with Gasteiger partial charge in [0.15, 0.2) is 0 Å². The molecule has 28 heavy (non-hydrogen) atoms. The second-order valence-corrected chi connectivity index (χ2v) is 8.21. The molecule has 0 atom stereocenters. The molecule has 0 unspecified atom stereocenters. The Balaban J connectivity index is 1.77. The molecule has 0 heterocycles. The first-order valence-corrected chi connectivity index (χ1v) is 10.1. The fourth-order valence-electron chi connectivity index (χ4n) is 2.32. The van der Waals surface area contributed by atoms with Crippen LogP contribution in [0.3, 0.4) is 0 Å². The van der Waals surface area contributed by atoms with Gasteiger partial charge in [0.05, 0.1) is 21.3 Å². The second-order valence-electron chi connectivity index (χ2n) is 5.69. The Labute approximate surface area is 171 Å². The van der Waals surface area contributed by atoms with Gasteiger partial charge in [-0.1, -0.05) is 35.3 Å². The van der Waals surface area contributed by atoms with Crippen LogP contribution in [0, 0.1) is 5.82 Å². The van der Waals surface area contributed by atoms with Crippen molar-refractivity contribution < 1.29 is 17.6 Å². The molecule has 5 nitrogen and oxygen atoms in total. The van der Waals surface area contributed by atoms with E-state index < -0.39 is 21.7 Å². The summed E-state index contributed by atoms with van der Waals surface area (Å²) in [5.74, 6) is -1.17. The standard InChI is InChI=1S/C19H13Cl2FN2O3S/c20-13-7-10-17(15(21)11-13)23-19(25)12-5-8-14(9-6-12)28(26,27)24-18-4-2-1-3-16(18)22/h1-11,24H,(H,23,25). The van der Waals surface area contributed by atoms with Crippen LogP contribution < -0.4 is 10.0 Å². The van der Waals surface area contributed by atoms with E-state index in [0.717, 1.165) is 6.07 Å². The van der Waals surface area contributed by atoms with Crippen LogP contribution in [0.1, 0.15) is 10.4 Å². The number of anilines is 2. The number of benzene rings is 3. The van der Waals surface area contributed by atoms with Gasteiger partial charge in [-0.05, 0) is 54.6 Å². The van der Waals surface area contributed by atoms with Crippen molar-refractivity contribution in [2.45, 2.75) is 4.90 Å². The molecule has 0 aromatic heterocycles. The fourth-order valence-corrected chi connectivity index (χ4v) is 3.84. The van der Waals surface area contributed by atoms with Gasteiger partial charge in [0.1, 0.15) is 5.82 Å². The lowest BCUT2D eigenvalue weighted by Gasteiger charge is -2.10. The van der Waals surface area contributed by atoms with Crippen LogP contribution in [0.4, 0.5) is 15.8 Å². The average Bonchev–Trinajstić information content (AvgIpc) is 2.66. The molecular weight excluding hydrogens is 426 g/mol. The molecule has 0 saturated carbocycles. The van der Waals surface area contributed by atoms with E-state index in [1.807, 2.05) is 0 Å². The highest BCUT2D eigenvalue weighted by atomic mass is 35.5. The number of amides is 1. The molecule has 1 amide bonds. The fraction of sp³-hybridized carbons (Fsp3) is 0. The third-order valence-electron chi connectivity index (χ3n) is 3.72. The molecule has 2 N–H and O–H groups in total. The largest absolute Gasteiger partial charge is 0.321 e. The lowest BCUT2D eigenvalue weighted by Crippen LogP contribution is -2.15. The average molecular weight is 439 g/mol. The second kappa shape index (κ2) is 8.18. The Morgan fingerprint density at radius 1 is 0.893 bits per heavy atom. The van der Waals surface area contributed by atoms with Crippen molar-refractivity contribution in [1.82, 2.24) is 0 Å². The van der Waals surface area contributed by atoms with Crippen LogP contribution in [0.2, 0.25) is 10.0 Å². The number of rotatable bonds is 5. The number of nitrogens with one attached hydrogen (secondary N) is 2. The van der Waals surface area contributed by atoms with Gasteiger partial charge in [-0.25, -0.2) is 12.8 Å².